The van der Waals surface area contributed by atoms with Crippen molar-refractivity contribution >= 4 is 21.7 Å². The van der Waals surface area contributed by atoms with Gasteiger partial charge in [0, 0.05) is 24.7 Å². The maximum Gasteiger partial charge on any atom is 0.126 e. The van der Waals surface area contributed by atoms with Crippen molar-refractivity contribution in [1.82, 2.24) is 4.98 Å². The molecule has 1 N–H and O–H groups in total. The van der Waals surface area contributed by atoms with E-state index in [-0.39, 0.29) is 5.41 Å². The fraction of sp³-hybridized carbons (Fsp3) is 0.615. The lowest BCUT2D eigenvalue weighted by Gasteiger charge is -2.24. The molecule has 1 aromatic rings. The van der Waals surface area contributed by atoms with Crippen molar-refractivity contribution < 1.29 is 4.74 Å². The second-order valence-corrected chi connectivity index (χ2v) is 5.88. The molecule has 0 fully saturated rings. The Morgan fingerprint density at radius 1 is 1.41 bits per heavy atom. The number of ether oxygens (including phenoxy) is 1. The molecule has 1 rings (SSSR count). The predicted octanol–water partition coefficient (Wildman–Crippen LogP) is 3.63. The molecule has 0 saturated heterocycles. The smallest absolute Gasteiger partial charge is 0.126 e. The molecule has 0 aliphatic carbocycles. The first-order valence-corrected chi connectivity index (χ1v) is 6.60. The summed E-state index contributed by atoms with van der Waals surface area (Å²) >= 11 is 3.45. The number of rotatable bonds is 6. The van der Waals surface area contributed by atoms with Crippen LogP contribution in [0.4, 0.5) is 5.82 Å². The molecular formula is C13H21BrN2O. The van der Waals surface area contributed by atoms with E-state index in [1.54, 1.807) is 7.11 Å². The van der Waals surface area contributed by atoms with E-state index in [0.29, 0.717) is 0 Å². The lowest BCUT2D eigenvalue weighted by atomic mass is 9.90. The summed E-state index contributed by atoms with van der Waals surface area (Å²) < 4.78 is 6.16. The summed E-state index contributed by atoms with van der Waals surface area (Å²) in [5, 5.41) is 3.37. The topological polar surface area (TPSA) is 34.1 Å². The van der Waals surface area contributed by atoms with Crippen molar-refractivity contribution in [3.63, 3.8) is 0 Å². The first-order valence-electron chi connectivity index (χ1n) is 5.80. The molecule has 0 aliphatic rings. The van der Waals surface area contributed by atoms with Crippen molar-refractivity contribution in [2.45, 2.75) is 27.2 Å². The number of aryl methyl sites for hydroxylation is 1. The summed E-state index contributed by atoms with van der Waals surface area (Å²) in [6.45, 7) is 8.13. The van der Waals surface area contributed by atoms with Crippen LogP contribution in [0.15, 0.2) is 16.6 Å². The minimum Gasteiger partial charge on any atom is -0.385 e. The van der Waals surface area contributed by atoms with Gasteiger partial charge in [-0.25, -0.2) is 4.98 Å². The fourth-order valence-electron chi connectivity index (χ4n) is 1.44. The van der Waals surface area contributed by atoms with Crippen LogP contribution in [0.5, 0.6) is 0 Å². The first-order chi connectivity index (χ1) is 7.94. The average molecular weight is 301 g/mol. The fourth-order valence-corrected chi connectivity index (χ4v) is 1.66. The summed E-state index contributed by atoms with van der Waals surface area (Å²) in [5.41, 5.74) is 1.21. The molecule has 1 heterocycles. The molecule has 96 valence electrons. The van der Waals surface area contributed by atoms with Crippen molar-refractivity contribution in [3.8, 4) is 0 Å². The molecule has 17 heavy (non-hydrogen) atoms. The van der Waals surface area contributed by atoms with Gasteiger partial charge in [0.05, 0.1) is 5.69 Å². The van der Waals surface area contributed by atoms with E-state index >= 15 is 0 Å². The van der Waals surface area contributed by atoms with Crippen LogP contribution >= 0.6 is 15.9 Å². The summed E-state index contributed by atoms with van der Waals surface area (Å²) in [6, 6.07) is 4.01. The van der Waals surface area contributed by atoms with E-state index in [9.17, 15) is 0 Å². The number of nitrogens with one attached hydrogen (secondary N) is 1. The van der Waals surface area contributed by atoms with E-state index in [0.717, 1.165) is 35.6 Å². The standard InChI is InChI=1S/C13H21BrN2O/c1-10-11(14)5-6-12(16-10)15-9-13(2,3)7-8-17-4/h5-6H,7-9H2,1-4H3,(H,15,16). The van der Waals surface area contributed by atoms with Gasteiger partial charge in [0.15, 0.2) is 0 Å². The van der Waals surface area contributed by atoms with Gasteiger partial charge in [0.1, 0.15) is 5.82 Å². The molecule has 0 unspecified atom stereocenters. The van der Waals surface area contributed by atoms with Crippen LogP contribution in [-0.2, 0) is 4.74 Å². The first kappa shape index (κ1) is 14.5. The van der Waals surface area contributed by atoms with Gasteiger partial charge in [-0.1, -0.05) is 13.8 Å². The van der Waals surface area contributed by atoms with Crippen LogP contribution in [0, 0.1) is 12.3 Å². The Labute approximate surface area is 112 Å². The molecule has 4 heteroatoms. The van der Waals surface area contributed by atoms with Gasteiger partial charge in [0.2, 0.25) is 0 Å². The summed E-state index contributed by atoms with van der Waals surface area (Å²) in [4.78, 5) is 4.47. The quantitative estimate of drug-likeness (QED) is 0.871. The van der Waals surface area contributed by atoms with Crippen LogP contribution < -0.4 is 5.32 Å². The normalized spacial score (nSPS) is 11.6. The Morgan fingerprint density at radius 2 is 2.12 bits per heavy atom. The van der Waals surface area contributed by atoms with Gasteiger partial charge in [-0.3, -0.25) is 0 Å². The summed E-state index contributed by atoms with van der Waals surface area (Å²) in [6.07, 6.45) is 1.03. The molecular weight excluding hydrogens is 280 g/mol. The number of nitrogens with zero attached hydrogens (tertiary/aromatic N) is 1. The minimum atomic E-state index is 0.207. The van der Waals surface area contributed by atoms with Gasteiger partial charge in [0.25, 0.3) is 0 Å². The highest BCUT2D eigenvalue weighted by molar-refractivity contribution is 9.10. The molecule has 0 bridgehead atoms. The predicted molar refractivity (Wildman–Crippen MR) is 75.4 cm³/mol. The minimum absolute atomic E-state index is 0.207. The number of halogens is 1. The maximum absolute atomic E-state index is 5.11. The second-order valence-electron chi connectivity index (χ2n) is 5.02. The number of methoxy groups -OCH3 is 1. The zero-order valence-corrected chi connectivity index (χ0v) is 12.6. The number of hydrogen-bond donors (Lipinski definition) is 1. The highest BCUT2D eigenvalue weighted by Crippen LogP contribution is 2.22. The zero-order chi connectivity index (χ0) is 12.9. The van der Waals surface area contributed by atoms with E-state index in [4.69, 9.17) is 4.74 Å². The van der Waals surface area contributed by atoms with Gasteiger partial charge in [-0.05, 0) is 46.8 Å². The van der Waals surface area contributed by atoms with E-state index in [2.05, 4.69) is 40.1 Å². The largest absolute Gasteiger partial charge is 0.385 e. The van der Waals surface area contributed by atoms with Gasteiger partial charge >= 0.3 is 0 Å². The highest BCUT2D eigenvalue weighted by Gasteiger charge is 2.17. The Morgan fingerprint density at radius 3 is 2.71 bits per heavy atom. The Balaban J connectivity index is 2.51. The third-order valence-corrected chi connectivity index (χ3v) is 3.59. The Kier molecular flexibility index (Phi) is 5.40. The van der Waals surface area contributed by atoms with Crippen molar-refractivity contribution in [2.75, 3.05) is 25.6 Å². The lowest BCUT2D eigenvalue weighted by molar-refractivity contribution is 0.157. The molecule has 0 aliphatic heterocycles. The monoisotopic (exact) mass is 300 g/mol. The molecule has 3 nitrogen and oxygen atoms in total. The Hall–Kier alpha value is -0.610. The zero-order valence-electron chi connectivity index (χ0n) is 11.0. The molecule has 0 saturated carbocycles. The van der Waals surface area contributed by atoms with Gasteiger partial charge in [-0.15, -0.1) is 0 Å². The summed E-state index contributed by atoms with van der Waals surface area (Å²) in [7, 11) is 1.74. The summed E-state index contributed by atoms with van der Waals surface area (Å²) in [5.74, 6) is 0.927. The highest BCUT2D eigenvalue weighted by atomic mass is 79.9. The third kappa shape index (κ3) is 5.04. The van der Waals surface area contributed by atoms with E-state index < -0.39 is 0 Å². The van der Waals surface area contributed by atoms with Crippen molar-refractivity contribution in [3.05, 3.63) is 22.3 Å². The number of hydrogen-bond acceptors (Lipinski definition) is 3. The Bertz CT molecular complexity index is 366. The number of anilines is 1. The molecule has 0 amide bonds. The molecule has 0 aromatic carbocycles. The van der Waals surface area contributed by atoms with Gasteiger partial charge in [-0.2, -0.15) is 0 Å². The number of aromatic nitrogens is 1. The second kappa shape index (κ2) is 6.36. The maximum atomic E-state index is 5.11. The average Bonchev–Trinajstić information content (AvgIpc) is 2.28. The van der Waals surface area contributed by atoms with Crippen LogP contribution in [0.3, 0.4) is 0 Å². The van der Waals surface area contributed by atoms with Crippen LogP contribution in [0.1, 0.15) is 26.0 Å². The van der Waals surface area contributed by atoms with E-state index in [1.807, 2.05) is 19.1 Å². The number of pyridine rings is 1. The van der Waals surface area contributed by atoms with Crippen molar-refractivity contribution in [1.29, 1.82) is 0 Å². The lowest BCUT2D eigenvalue weighted by Crippen LogP contribution is -2.25. The van der Waals surface area contributed by atoms with Gasteiger partial charge < -0.3 is 10.1 Å². The molecule has 1 aromatic heterocycles. The molecule has 0 spiro atoms. The SMILES string of the molecule is COCCC(C)(C)CNc1ccc(Br)c(C)n1. The molecule has 0 radical (unpaired) electrons. The molecule has 0 atom stereocenters. The van der Waals surface area contributed by atoms with Crippen molar-refractivity contribution in [2.24, 2.45) is 5.41 Å². The van der Waals surface area contributed by atoms with Crippen LogP contribution in [0.25, 0.3) is 0 Å². The van der Waals surface area contributed by atoms with E-state index in [1.165, 1.54) is 0 Å². The van der Waals surface area contributed by atoms with Crippen LogP contribution in [-0.4, -0.2) is 25.2 Å². The third-order valence-electron chi connectivity index (χ3n) is 2.75. The van der Waals surface area contributed by atoms with Crippen LogP contribution in [0.2, 0.25) is 0 Å².